The van der Waals surface area contributed by atoms with Gasteiger partial charge in [0.05, 0.1) is 28.0 Å². The van der Waals surface area contributed by atoms with Crippen LogP contribution in [0.1, 0.15) is 85.9 Å². The molecule has 2 aromatic heterocycles. The second kappa shape index (κ2) is 15.1. The van der Waals surface area contributed by atoms with Gasteiger partial charge in [0.25, 0.3) is 0 Å². The van der Waals surface area contributed by atoms with Crippen LogP contribution in [0.15, 0.2) is 164 Å². The number of phenolic OH excluding ortho intramolecular Hbond substituents is 1. The van der Waals surface area contributed by atoms with E-state index in [4.69, 9.17) is 12.7 Å². The molecule has 10 rings (SSSR count). The number of pyridine rings is 1. The Kier molecular flexibility index (Phi) is 9.09. The van der Waals surface area contributed by atoms with Crippen molar-refractivity contribution in [1.29, 1.82) is 0 Å². The first-order chi connectivity index (χ1) is 31.5. The molecule has 0 aliphatic heterocycles. The van der Waals surface area contributed by atoms with Crippen molar-refractivity contribution in [2.45, 2.75) is 78.5 Å². The molecule has 0 atom stereocenters. The van der Waals surface area contributed by atoms with Crippen LogP contribution in [0, 0.1) is 6.88 Å². The Bertz CT molecular complexity index is 3330. The standard InChI is InChI=1S/C60H55N3O/c1-37-22-24-38(25-23-37)40-28-29-61-52(33-40)42-30-41(31-44(32-42)59(5,6)7)45-19-15-21-54-56(45)62-57(49-35-48-46-18-13-14-20-50(46)60(8,9)51(48)36-55(49)64)63(54)53-27-26-43(58(2,3)4)34-47(53)39-16-11-10-12-17-39/h10-36,64H,1-9H3/i1D2. The number of aromatic hydroxyl groups is 1. The summed E-state index contributed by atoms with van der Waals surface area (Å²) < 4.78 is 17.9. The number of rotatable bonds is 6. The highest BCUT2D eigenvalue weighted by Gasteiger charge is 2.37. The SMILES string of the molecule is [2H]C([2H])c1ccc(-c2ccnc(-c3cc(-c4cccc5c4nc(-c4cc6c(cc4O)C(C)(C)c4ccccc4-6)n5-c4ccc(C(C)(C)C)cc4-c4ccccc4)cc(C(C)(C)C)c3)c2)cc1. The first kappa shape index (κ1) is 38.6. The molecule has 7 aromatic carbocycles. The minimum atomic E-state index is -1.03. The molecule has 4 heteroatoms. The predicted molar refractivity (Wildman–Crippen MR) is 267 cm³/mol. The van der Waals surface area contributed by atoms with Crippen LogP contribution in [0.4, 0.5) is 0 Å². The number of nitrogens with zero attached hydrogens (tertiary/aromatic N) is 3. The maximum absolute atomic E-state index is 12.3. The van der Waals surface area contributed by atoms with Gasteiger partial charge in [-0.15, -0.1) is 0 Å². The maximum Gasteiger partial charge on any atom is 0.149 e. The van der Waals surface area contributed by atoms with Crippen molar-refractivity contribution in [2.24, 2.45) is 0 Å². The summed E-state index contributed by atoms with van der Waals surface area (Å²) in [7, 11) is 0. The van der Waals surface area contributed by atoms with Gasteiger partial charge in [-0.1, -0.05) is 164 Å². The lowest BCUT2D eigenvalue weighted by Gasteiger charge is -2.23. The molecule has 2 heterocycles. The van der Waals surface area contributed by atoms with Crippen LogP contribution in [0.3, 0.4) is 0 Å². The van der Waals surface area contributed by atoms with Crippen molar-refractivity contribution in [1.82, 2.24) is 14.5 Å². The van der Waals surface area contributed by atoms with Crippen LogP contribution in [0.2, 0.25) is 0 Å². The Morgan fingerprint density at radius 1 is 0.531 bits per heavy atom. The van der Waals surface area contributed by atoms with Crippen molar-refractivity contribution in [3.63, 3.8) is 0 Å². The molecule has 1 N–H and O–H groups in total. The quantitative estimate of drug-likeness (QED) is 0.182. The van der Waals surface area contributed by atoms with Crippen LogP contribution in [0.25, 0.3) is 83.9 Å². The number of fused-ring (bicyclic) bond motifs is 4. The van der Waals surface area contributed by atoms with Crippen molar-refractivity contribution in [3.05, 3.63) is 192 Å². The Balaban J connectivity index is 1.23. The van der Waals surface area contributed by atoms with Crippen LogP contribution >= 0.6 is 0 Å². The minimum Gasteiger partial charge on any atom is -0.507 e. The third-order valence-electron chi connectivity index (χ3n) is 13.2. The summed E-state index contributed by atoms with van der Waals surface area (Å²) in [6, 6.07) is 55.1. The average Bonchev–Trinajstić information content (AvgIpc) is 3.80. The fourth-order valence-corrected chi connectivity index (χ4v) is 9.53. The topological polar surface area (TPSA) is 50.9 Å². The van der Waals surface area contributed by atoms with Crippen molar-refractivity contribution < 1.29 is 7.85 Å². The summed E-state index contributed by atoms with van der Waals surface area (Å²) in [6.07, 6.45) is 1.85. The molecule has 0 saturated heterocycles. The second-order valence-corrected chi connectivity index (χ2v) is 20.0. The Morgan fingerprint density at radius 3 is 2.00 bits per heavy atom. The molecule has 316 valence electrons. The second-order valence-electron chi connectivity index (χ2n) is 20.0. The molecular weight excluding hydrogens is 779 g/mol. The summed E-state index contributed by atoms with van der Waals surface area (Å²) in [5.41, 5.74) is 18.6. The molecule has 9 aromatic rings. The third kappa shape index (κ3) is 7.02. The fraction of sp³-hybridized carbons (Fsp3) is 0.200. The average molecular weight is 836 g/mol. The van der Waals surface area contributed by atoms with E-state index in [2.05, 4.69) is 181 Å². The third-order valence-corrected chi connectivity index (χ3v) is 13.2. The van der Waals surface area contributed by atoms with E-state index in [-0.39, 0.29) is 22.0 Å². The van der Waals surface area contributed by atoms with E-state index in [9.17, 15) is 5.11 Å². The Hall–Kier alpha value is -7.04. The van der Waals surface area contributed by atoms with Gasteiger partial charge >= 0.3 is 0 Å². The van der Waals surface area contributed by atoms with Gasteiger partial charge in [-0.05, 0) is 128 Å². The largest absolute Gasteiger partial charge is 0.507 e. The Morgan fingerprint density at radius 2 is 1.25 bits per heavy atom. The van der Waals surface area contributed by atoms with Gasteiger partial charge < -0.3 is 5.11 Å². The summed E-state index contributed by atoms with van der Waals surface area (Å²) in [6.45, 7) is 16.9. The van der Waals surface area contributed by atoms with E-state index < -0.39 is 6.88 Å². The van der Waals surface area contributed by atoms with E-state index in [1.165, 1.54) is 22.3 Å². The molecule has 0 fully saturated rings. The number of phenols is 1. The number of hydrogen-bond donors (Lipinski definition) is 1. The van der Waals surface area contributed by atoms with Gasteiger partial charge in [0.1, 0.15) is 11.6 Å². The predicted octanol–water partition coefficient (Wildman–Crippen LogP) is 15.7. The summed E-state index contributed by atoms with van der Waals surface area (Å²) in [4.78, 5) is 10.6. The van der Waals surface area contributed by atoms with Crippen molar-refractivity contribution >= 4 is 11.0 Å². The van der Waals surface area contributed by atoms with Crippen molar-refractivity contribution in [3.8, 4) is 78.6 Å². The highest BCUT2D eigenvalue weighted by molar-refractivity contribution is 5.98. The number of aryl methyl sites for hydroxylation is 1. The van der Waals surface area contributed by atoms with E-state index in [1.54, 1.807) is 0 Å². The lowest BCUT2D eigenvalue weighted by atomic mass is 9.82. The highest BCUT2D eigenvalue weighted by Crippen LogP contribution is 2.52. The molecule has 4 nitrogen and oxygen atoms in total. The molecule has 0 unspecified atom stereocenters. The van der Waals surface area contributed by atoms with E-state index >= 15 is 0 Å². The number of imidazole rings is 1. The summed E-state index contributed by atoms with van der Waals surface area (Å²) in [5, 5.41) is 12.3. The molecule has 64 heavy (non-hydrogen) atoms. The van der Waals surface area contributed by atoms with E-state index in [0.717, 1.165) is 72.5 Å². The molecule has 0 radical (unpaired) electrons. The number of para-hydroxylation sites is 1. The monoisotopic (exact) mass is 835 g/mol. The first-order valence-corrected chi connectivity index (χ1v) is 22.2. The van der Waals surface area contributed by atoms with Crippen LogP contribution in [-0.4, -0.2) is 19.6 Å². The van der Waals surface area contributed by atoms with Gasteiger partial charge in [-0.25, -0.2) is 4.98 Å². The molecule has 0 spiro atoms. The fourth-order valence-electron chi connectivity index (χ4n) is 9.53. The minimum absolute atomic E-state index is 0.0870. The zero-order chi connectivity index (χ0) is 46.3. The van der Waals surface area contributed by atoms with Gasteiger partial charge in [0.15, 0.2) is 0 Å². The first-order valence-electron chi connectivity index (χ1n) is 23.4. The smallest absolute Gasteiger partial charge is 0.149 e. The van der Waals surface area contributed by atoms with Gasteiger partial charge in [-0.2, -0.15) is 0 Å². The molecule has 0 bridgehead atoms. The number of hydrogen-bond acceptors (Lipinski definition) is 3. The molecule has 0 saturated carbocycles. The van der Waals surface area contributed by atoms with E-state index in [1.807, 2.05) is 42.6 Å². The maximum atomic E-state index is 12.3. The van der Waals surface area contributed by atoms with Crippen LogP contribution < -0.4 is 0 Å². The number of benzene rings is 7. The van der Waals surface area contributed by atoms with Crippen molar-refractivity contribution in [2.75, 3.05) is 0 Å². The van der Waals surface area contributed by atoms with Crippen LogP contribution in [0.5, 0.6) is 5.75 Å². The highest BCUT2D eigenvalue weighted by atomic mass is 16.3. The summed E-state index contributed by atoms with van der Waals surface area (Å²) in [5.74, 6) is 0.854. The molecule has 1 aliphatic rings. The van der Waals surface area contributed by atoms with Gasteiger partial charge in [-0.3, -0.25) is 9.55 Å². The van der Waals surface area contributed by atoms with Gasteiger partial charge in [0.2, 0.25) is 0 Å². The lowest BCUT2D eigenvalue weighted by molar-refractivity contribution is 0.474. The van der Waals surface area contributed by atoms with Crippen LogP contribution in [-0.2, 0) is 16.2 Å². The van der Waals surface area contributed by atoms with E-state index in [0.29, 0.717) is 17.0 Å². The number of aromatic nitrogens is 3. The summed E-state index contributed by atoms with van der Waals surface area (Å²) >= 11 is 0. The molecular formula is C60H55N3O. The zero-order valence-corrected chi connectivity index (χ0v) is 38.0. The molecule has 1 aliphatic carbocycles. The lowest BCUT2D eigenvalue weighted by Crippen LogP contribution is -2.14. The Labute approximate surface area is 380 Å². The van der Waals surface area contributed by atoms with Gasteiger partial charge in [0, 0.05) is 31.0 Å². The molecule has 0 amide bonds. The zero-order valence-electron chi connectivity index (χ0n) is 40.0. The normalized spacial score (nSPS) is 13.8.